The number of hydrogen-bond donors (Lipinski definition) is 1. The second-order valence-electron chi connectivity index (χ2n) is 3.69. The van der Waals surface area contributed by atoms with E-state index in [1.165, 1.54) is 24.5 Å². The van der Waals surface area contributed by atoms with Crippen LogP contribution in [0.5, 0.6) is 5.75 Å². The molecule has 17 heavy (non-hydrogen) atoms. The lowest BCUT2D eigenvalue weighted by molar-refractivity contribution is 0.209. The Morgan fingerprint density at radius 1 is 1.35 bits per heavy atom. The minimum Gasteiger partial charge on any atom is -0.496 e. The summed E-state index contributed by atoms with van der Waals surface area (Å²) < 4.78 is 18.9. The maximum atomic E-state index is 13.8. The molecule has 0 bridgehead atoms. The van der Waals surface area contributed by atoms with Crippen LogP contribution in [0.4, 0.5) is 4.39 Å². The highest BCUT2D eigenvalue weighted by molar-refractivity contribution is 7.10. The summed E-state index contributed by atoms with van der Waals surface area (Å²) >= 11 is 1.52. The standard InChI is InChI=1S/C13H13FO2S/c1-8-9(6-7-17-8)13(15)12-10(14)4-3-5-11(12)16-2/h3-7,13,15H,1-2H3. The average Bonchev–Trinajstić information content (AvgIpc) is 2.74. The zero-order valence-corrected chi connectivity index (χ0v) is 10.4. The fraction of sp³-hybridized carbons (Fsp3) is 0.231. The van der Waals surface area contributed by atoms with Crippen molar-refractivity contribution in [3.63, 3.8) is 0 Å². The van der Waals surface area contributed by atoms with Gasteiger partial charge in [0.05, 0.1) is 12.7 Å². The molecule has 2 nitrogen and oxygen atoms in total. The Morgan fingerprint density at radius 2 is 2.12 bits per heavy atom. The van der Waals surface area contributed by atoms with Gasteiger partial charge in [-0.15, -0.1) is 11.3 Å². The van der Waals surface area contributed by atoms with Crippen LogP contribution in [0.2, 0.25) is 0 Å². The molecule has 0 spiro atoms. The van der Waals surface area contributed by atoms with Crippen LogP contribution in [0.3, 0.4) is 0 Å². The number of ether oxygens (including phenoxy) is 1. The Labute approximate surface area is 103 Å². The molecule has 0 saturated heterocycles. The summed E-state index contributed by atoms with van der Waals surface area (Å²) in [4.78, 5) is 0.975. The number of rotatable bonds is 3. The van der Waals surface area contributed by atoms with Gasteiger partial charge in [0.25, 0.3) is 0 Å². The molecule has 1 heterocycles. The molecular formula is C13H13FO2S. The third-order valence-corrected chi connectivity index (χ3v) is 3.56. The number of thiophene rings is 1. The maximum absolute atomic E-state index is 13.8. The van der Waals surface area contributed by atoms with Gasteiger partial charge in [-0.3, -0.25) is 0 Å². The van der Waals surface area contributed by atoms with E-state index < -0.39 is 11.9 Å². The summed E-state index contributed by atoms with van der Waals surface area (Å²) in [5.41, 5.74) is 0.912. The quantitative estimate of drug-likeness (QED) is 0.908. The van der Waals surface area contributed by atoms with Gasteiger partial charge in [0.15, 0.2) is 0 Å². The summed E-state index contributed by atoms with van der Waals surface area (Å²) in [6.07, 6.45) is -0.989. The minimum atomic E-state index is -0.989. The number of aryl methyl sites for hydroxylation is 1. The third-order valence-electron chi connectivity index (χ3n) is 2.70. The fourth-order valence-electron chi connectivity index (χ4n) is 1.79. The Bertz CT molecular complexity index is 522. The van der Waals surface area contributed by atoms with Crippen LogP contribution in [-0.2, 0) is 0 Å². The molecule has 0 aliphatic rings. The molecule has 2 rings (SSSR count). The van der Waals surface area contributed by atoms with Crippen LogP contribution < -0.4 is 4.74 Å². The van der Waals surface area contributed by atoms with Crippen molar-refractivity contribution in [3.8, 4) is 5.75 Å². The predicted octanol–water partition coefficient (Wildman–Crippen LogP) is 3.29. The topological polar surface area (TPSA) is 29.5 Å². The highest BCUT2D eigenvalue weighted by Crippen LogP contribution is 2.34. The van der Waals surface area contributed by atoms with Crippen LogP contribution in [0.1, 0.15) is 22.1 Å². The number of halogens is 1. The van der Waals surface area contributed by atoms with Crippen LogP contribution in [0.15, 0.2) is 29.6 Å². The van der Waals surface area contributed by atoms with Crippen molar-refractivity contribution in [1.29, 1.82) is 0 Å². The van der Waals surface area contributed by atoms with Crippen molar-refractivity contribution >= 4 is 11.3 Å². The normalized spacial score (nSPS) is 12.5. The van der Waals surface area contributed by atoms with Gasteiger partial charge in [0, 0.05) is 4.88 Å². The maximum Gasteiger partial charge on any atom is 0.133 e. The van der Waals surface area contributed by atoms with Crippen molar-refractivity contribution in [3.05, 3.63) is 51.5 Å². The van der Waals surface area contributed by atoms with Crippen LogP contribution in [-0.4, -0.2) is 12.2 Å². The lowest BCUT2D eigenvalue weighted by atomic mass is 10.0. The van der Waals surface area contributed by atoms with E-state index in [-0.39, 0.29) is 5.56 Å². The van der Waals surface area contributed by atoms with Gasteiger partial charge in [-0.25, -0.2) is 4.39 Å². The molecule has 1 unspecified atom stereocenters. The second kappa shape index (κ2) is 4.85. The van der Waals surface area contributed by atoms with Crippen molar-refractivity contribution in [1.82, 2.24) is 0 Å². The van der Waals surface area contributed by atoms with Gasteiger partial charge in [-0.05, 0) is 36.1 Å². The molecule has 0 aliphatic carbocycles. The van der Waals surface area contributed by atoms with E-state index >= 15 is 0 Å². The SMILES string of the molecule is COc1cccc(F)c1C(O)c1ccsc1C. The molecule has 0 amide bonds. The van der Waals surface area contributed by atoms with Crippen LogP contribution in [0.25, 0.3) is 0 Å². The summed E-state index contributed by atoms with van der Waals surface area (Å²) in [6, 6.07) is 6.33. The second-order valence-corrected chi connectivity index (χ2v) is 4.81. The first-order chi connectivity index (χ1) is 8.15. The summed E-state index contributed by atoms with van der Waals surface area (Å²) in [6.45, 7) is 1.90. The highest BCUT2D eigenvalue weighted by atomic mass is 32.1. The molecule has 0 aliphatic heterocycles. The first-order valence-corrected chi connectivity index (χ1v) is 6.07. The number of benzene rings is 1. The summed E-state index contributed by atoms with van der Waals surface area (Å²) in [7, 11) is 1.46. The molecule has 2 aromatic rings. The monoisotopic (exact) mass is 252 g/mol. The Balaban J connectivity index is 2.50. The number of aliphatic hydroxyl groups excluding tert-OH is 1. The molecule has 90 valence electrons. The first-order valence-electron chi connectivity index (χ1n) is 5.19. The van der Waals surface area contributed by atoms with Crippen molar-refractivity contribution in [2.75, 3.05) is 7.11 Å². The molecule has 1 aromatic carbocycles. The molecule has 1 aromatic heterocycles. The molecule has 1 N–H and O–H groups in total. The molecule has 4 heteroatoms. The van der Waals surface area contributed by atoms with Crippen molar-refractivity contribution in [2.24, 2.45) is 0 Å². The number of methoxy groups -OCH3 is 1. The van der Waals surface area contributed by atoms with Gasteiger partial charge in [0.1, 0.15) is 17.7 Å². The molecular weight excluding hydrogens is 239 g/mol. The minimum absolute atomic E-state index is 0.191. The summed E-state index contributed by atoms with van der Waals surface area (Å²) in [5.74, 6) is -0.0921. The van der Waals surface area contributed by atoms with Gasteiger partial charge in [-0.1, -0.05) is 6.07 Å². The zero-order chi connectivity index (χ0) is 12.4. The third kappa shape index (κ3) is 2.18. The molecule has 0 radical (unpaired) electrons. The van der Waals surface area contributed by atoms with E-state index in [0.717, 1.165) is 10.4 Å². The lowest BCUT2D eigenvalue weighted by Crippen LogP contribution is -2.05. The Kier molecular flexibility index (Phi) is 3.45. The first kappa shape index (κ1) is 12.1. The molecule has 0 fully saturated rings. The van der Waals surface area contributed by atoms with Gasteiger partial charge >= 0.3 is 0 Å². The Morgan fingerprint density at radius 3 is 2.71 bits per heavy atom. The lowest BCUT2D eigenvalue weighted by Gasteiger charge is -2.15. The molecule has 0 saturated carbocycles. The average molecular weight is 252 g/mol. The smallest absolute Gasteiger partial charge is 0.133 e. The van der Waals surface area contributed by atoms with Gasteiger partial charge < -0.3 is 9.84 Å². The van der Waals surface area contributed by atoms with Crippen LogP contribution in [0, 0.1) is 12.7 Å². The van der Waals surface area contributed by atoms with E-state index in [1.807, 2.05) is 12.3 Å². The largest absolute Gasteiger partial charge is 0.496 e. The van der Waals surface area contributed by atoms with E-state index in [0.29, 0.717) is 5.75 Å². The van der Waals surface area contributed by atoms with Crippen molar-refractivity contribution < 1.29 is 14.2 Å². The number of aliphatic hydroxyl groups is 1. The van der Waals surface area contributed by atoms with E-state index in [4.69, 9.17) is 4.74 Å². The van der Waals surface area contributed by atoms with E-state index in [1.54, 1.807) is 18.2 Å². The van der Waals surface area contributed by atoms with Crippen LogP contribution >= 0.6 is 11.3 Å². The van der Waals surface area contributed by atoms with E-state index in [9.17, 15) is 9.50 Å². The Hall–Kier alpha value is -1.39. The summed E-state index contributed by atoms with van der Waals surface area (Å²) in [5, 5.41) is 12.1. The van der Waals surface area contributed by atoms with Gasteiger partial charge in [-0.2, -0.15) is 0 Å². The highest BCUT2D eigenvalue weighted by Gasteiger charge is 2.21. The van der Waals surface area contributed by atoms with Gasteiger partial charge in [0.2, 0.25) is 0 Å². The number of hydrogen-bond acceptors (Lipinski definition) is 3. The zero-order valence-electron chi connectivity index (χ0n) is 9.61. The fourth-order valence-corrected chi connectivity index (χ4v) is 2.53. The predicted molar refractivity (Wildman–Crippen MR) is 66.1 cm³/mol. The van der Waals surface area contributed by atoms with E-state index in [2.05, 4.69) is 0 Å². The van der Waals surface area contributed by atoms with Crippen molar-refractivity contribution in [2.45, 2.75) is 13.0 Å². The molecule has 1 atom stereocenters.